The van der Waals surface area contributed by atoms with Gasteiger partial charge < -0.3 is 5.32 Å². The van der Waals surface area contributed by atoms with Gasteiger partial charge in [-0.15, -0.1) is 0 Å². The number of halogens is 2. The number of para-hydroxylation sites is 1. The average Bonchev–Trinajstić information content (AvgIpc) is 2.73. The Bertz CT molecular complexity index is 1150. The maximum atomic E-state index is 12.9. The van der Waals surface area contributed by atoms with Gasteiger partial charge in [0.2, 0.25) is 0 Å². The van der Waals surface area contributed by atoms with Crippen LogP contribution in [0.4, 0.5) is 14.6 Å². The van der Waals surface area contributed by atoms with Crippen LogP contribution in [0.1, 0.15) is 22.5 Å². The Morgan fingerprint density at radius 3 is 2.68 bits per heavy atom. The quantitative estimate of drug-likeness (QED) is 0.574. The van der Waals surface area contributed by atoms with E-state index in [1.807, 2.05) is 6.07 Å². The lowest BCUT2D eigenvalue weighted by molar-refractivity contribution is 0.102. The second kappa shape index (κ2) is 7.43. The fourth-order valence-electron chi connectivity index (χ4n) is 2.77. The van der Waals surface area contributed by atoms with E-state index >= 15 is 0 Å². The predicted octanol–water partition coefficient (Wildman–Crippen LogP) is 4.28. The standard InChI is InChI=1S/C20H13F2N5O/c21-19(22)16-10-13(6-9-24-16)15-5-4-12-2-1-3-14(18(12)26-15)20(28)27-17-7-8-23-11-25-17/h1-11,19H,(H,23,25,27,28). The molecule has 0 bridgehead atoms. The first-order chi connectivity index (χ1) is 13.6. The molecule has 0 aliphatic rings. The van der Waals surface area contributed by atoms with Crippen molar-refractivity contribution in [3.63, 3.8) is 0 Å². The van der Waals surface area contributed by atoms with Gasteiger partial charge in [0.1, 0.15) is 17.8 Å². The van der Waals surface area contributed by atoms with Gasteiger partial charge in [-0.2, -0.15) is 0 Å². The molecule has 1 N–H and O–H groups in total. The molecule has 6 nitrogen and oxygen atoms in total. The summed E-state index contributed by atoms with van der Waals surface area (Å²) in [6.45, 7) is 0. The highest BCUT2D eigenvalue weighted by Crippen LogP contribution is 2.26. The number of amides is 1. The molecule has 0 aliphatic heterocycles. The summed E-state index contributed by atoms with van der Waals surface area (Å²) in [6, 6.07) is 13.2. The second-order valence-electron chi connectivity index (χ2n) is 5.89. The highest BCUT2D eigenvalue weighted by Gasteiger charge is 2.14. The lowest BCUT2D eigenvalue weighted by Gasteiger charge is -2.09. The maximum Gasteiger partial charge on any atom is 0.280 e. The van der Waals surface area contributed by atoms with E-state index in [1.165, 1.54) is 24.8 Å². The molecule has 4 rings (SSSR count). The van der Waals surface area contributed by atoms with Crippen LogP contribution in [0.3, 0.4) is 0 Å². The number of pyridine rings is 2. The SMILES string of the molecule is O=C(Nc1ccncn1)c1cccc2ccc(-c3ccnc(C(F)F)c3)nc12. The lowest BCUT2D eigenvalue weighted by atomic mass is 10.1. The molecule has 0 aliphatic carbocycles. The number of hydrogen-bond donors (Lipinski definition) is 1. The van der Waals surface area contributed by atoms with Crippen LogP contribution < -0.4 is 5.32 Å². The molecule has 0 spiro atoms. The van der Waals surface area contributed by atoms with Crippen molar-refractivity contribution in [3.8, 4) is 11.3 Å². The molecule has 3 aromatic heterocycles. The Hall–Kier alpha value is -3.81. The molecule has 8 heteroatoms. The van der Waals surface area contributed by atoms with E-state index in [9.17, 15) is 13.6 Å². The van der Waals surface area contributed by atoms with Gasteiger partial charge in [-0.1, -0.05) is 18.2 Å². The van der Waals surface area contributed by atoms with Gasteiger partial charge in [-0.05, 0) is 30.3 Å². The highest BCUT2D eigenvalue weighted by molar-refractivity contribution is 6.11. The average molecular weight is 377 g/mol. The number of nitrogens with one attached hydrogen (secondary N) is 1. The van der Waals surface area contributed by atoms with Gasteiger partial charge in [-0.3, -0.25) is 9.78 Å². The summed E-state index contributed by atoms with van der Waals surface area (Å²) in [6.07, 6.45) is 1.50. The van der Waals surface area contributed by atoms with Gasteiger partial charge in [-0.25, -0.2) is 23.7 Å². The van der Waals surface area contributed by atoms with Crippen molar-refractivity contribution in [2.45, 2.75) is 6.43 Å². The van der Waals surface area contributed by atoms with E-state index in [1.54, 1.807) is 36.4 Å². The number of fused-ring (bicyclic) bond motifs is 1. The van der Waals surface area contributed by atoms with Gasteiger partial charge in [0.25, 0.3) is 12.3 Å². The van der Waals surface area contributed by atoms with Gasteiger partial charge in [0.15, 0.2) is 0 Å². The summed E-state index contributed by atoms with van der Waals surface area (Å²) in [7, 11) is 0. The molecule has 0 fully saturated rings. The Morgan fingerprint density at radius 1 is 1.00 bits per heavy atom. The molecule has 1 amide bonds. The van der Waals surface area contributed by atoms with Crippen LogP contribution in [0.15, 0.2) is 67.3 Å². The Kier molecular flexibility index (Phi) is 4.67. The third-order valence-corrected chi connectivity index (χ3v) is 4.09. The number of benzene rings is 1. The van der Waals surface area contributed by atoms with Crippen LogP contribution in [-0.2, 0) is 0 Å². The number of alkyl halides is 2. The molecule has 138 valence electrons. The molecule has 1 aromatic carbocycles. The third-order valence-electron chi connectivity index (χ3n) is 4.09. The number of carbonyl (C=O) groups excluding carboxylic acids is 1. The van der Waals surface area contributed by atoms with Crippen LogP contribution in [0.5, 0.6) is 0 Å². The van der Waals surface area contributed by atoms with E-state index in [-0.39, 0.29) is 11.6 Å². The van der Waals surface area contributed by atoms with Gasteiger partial charge >= 0.3 is 0 Å². The molecule has 28 heavy (non-hydrogen) atoms. The first kappa shape index (κ1) is 17.6. The van der Waals surface area contributed by atoms with Gasteiger partial charge in [0.05, 0.1) is 16.8 Å². The monoisotopic (exact) mass is 377 g/mol. The molecule has 0 saturated heterocycles. The number of nitrogens with zero attached hydrogens (tertiary/aromatic N) is 4. The fourth-order valence-corrected chi connectivity index (χ4v) is 2.77. The largest absolute Gasteiger partial charge is 0.306 e. The summed E-state index contributed by atoms with van der Waals surface area (Å²) in [5.74, 6) is -0.0131. The maximum absolute atomic E-state index is 12.9. The second-order valence-corrected chi connectivity index (χ2v) is 5.89. The molecule has 0 saturated carbocycles. The molecular formula is C20H13F2N5O. The number of hydrogen-bond acceptors (Lipinski definition) is 5. The van der Waals surface area contributed by atoms with Crippen LogP contribution in [-0.4, -0.2) is 25.8 Å². The first-order valence-corrected chi connectivity index (χ1v) is 8.33. The minimum atomic E-state index is -2.67. The normalized spacial score (nSPS) is 11.0. The molecule has 0 atom stereocenters. The molecule has 3 heterocycles. The smallest absolute Gasteiger partial charge is 0.280 e. The summed E-state index contributed by atoms with van der Waals surface area (Å²) in [5, 5.41) is 3.45. The van der Waals surface area contributed by atoms with E-state index in [0.717, 1.165) is 5.39 Å². The van der Waals surface area contributed by atoms with Crippen LogP contribution in [0.2, 0.25) is 0 Å². The Balaban J connectivity index is 1.76. The minimum Gasteiger partial charge on any atom is -0.306 e. The molecule has 0 unspecified atom stereocenters. The summed E-state index contributed by atoms with van der Waals surface area (Å²) in [4.78, 5) is 28.7. The van der Waals surface area contributed by atoms with Crippen molar-refractivity contribution in [1.29, 1.82) is 0 Å². The first-order valence-electron chi connectivity index (χ1n) is 8.33. The van der Waals surface area contributed by atoms with Crippen molar-refractivity contribution in [2.75, 3.05) is 5.32 Å². The molecular weight excluding hydrogens is 364 g/mol. The van der Waals surface area contributed by atoms with Crippen molar-refractivity contribution in [2.24, 2.45) is 0 Å². The number of carbonyl (C=O) groups is 1. The van der Waals surface area contributed by atoms with Crippen molar-refractivity contribution in [3.05, 3.63) is 78.5 Å². The zero-order valence-corrected chi connectivity index (χ0v) is 14.4. The zero-order chi connectivity index (χ0) is 19.5. The van der Waals surface area contributed by atoms with E-state index < -0.39 is 6.43 Å². The van der Waals surface area contributed by atoms with Crippen molar-refractivity contribution >= 4 is 22.6 Å². The van der Waals surface area contributed by atoms with E-state index in [2.05, 4.69) is 25.3 Å². The Morgan fingerprint density at radius 2 is 1.89 bits per heavy atom. The summed E-state index contributed by atoms with van der Waals surface area (Å²) in [5.41, 5.74) is 1.45. The number of aromatic nitrogens is 4. The summed E-state index contributed by atoms with van der Waals surface area (Å²) < 4.78 is 25.9. The van der Waals surface area contributed by atoms with Crippen LogP contribution in [0, 0.1) is 0 Å². The number of anilines is 1. The predicted molar refractivity (Wildman–Crippen MR) is 99.9 cm³/mol. The van der Waals surface area contributed by atoms with E-state index in [4.69, 9.17) is 0 Å². The third kappa shape index (κ3) is 3.52. The number of rotatable bonds is 4. The summed E-state index contributed by atoms with van der Waals surface area (Å²) >= 11 is 0. The van der Waals surface area contributed by atoms with Crippen molar-refractivity contribution in [1.82, 2.24) is 19.9 Å². The molecule has 0 radical (unpaired) electrons. The van der Waals surface area contributed by atoms with Crippen molar-refractivity contribution < 1.29 is 13.6 Å². The highest BCUT2D eigenvalue weighted by atomic mass is 19.3. The van der Waals surface area contributed by atoms with Crippen LogP contribution >= 0.6 is 0 Å². The topological polar surface area (TPSA) is 80.7 Å². The Labute approximate surface area is 158 Å². The molecule has 4 aromatic rings. The fraction of sp³-hybridized carbons (Fsp3) is 0.0500. The van der Waals surface area contributed by atoms with E-state index in [0.29, 0.717) is 28.2 Å². The lowest BCUT2D eigenvalue weighted by Crippen LogP contribution is -2.13. The van der Waals surface area contributed by atoms with Crippen LogP contribution in [0.25, 0.3) is 22.2 Å². The minimum absolute atomic E-state index is 0.325. The zero-order valence-electron chi connectivity index (χ0n) is 14.4. The van der Waals surface area contributed by atoms with Gasteiger partial charge in [0, 0.05) is 23.3 Å².